The van der Waals surface area contributed by atoms with Gasteiger partial charge in [-0.15, -0.1) is 0 Å². The minimum Gasteiger partial charge on any atom is -0.500 e. The second-order valence-corrected chi connectivity index (χ2v) is 5.37. The van der Waals surface area contributed by atoms with Gasteiger partial charge in [0, 0.05) is 10.0 Å². The van der Waals surface area contributed by atoms with E-state index in [0.717, 1.165) is 12.0 Å². The first-order valence-electron chi connectivity index (χ1n) is 6.07. The number of benzene rings is 1. The number of hydrogen-bond acceptors (Lipinski definition) is 2. The molecule has 0 saturated heterocycles. The minimum atomic E-state index is 0.282. The van der Waals surface area contributed by atoms with Gasteiger partial charge in [0.1, 0.15) is 5.76 Å². The van der Waals surface area contributed by atoms with Crippen molar-refractivity contribution in [3.63, 3.8) is 0 Å². The number of nitrogens with zero attached hydrogens (tertiary/aromatic N) is 1. The van der Waals surface area contributed by atoms with Crippen molar-refractivity contribution in [3.8, 4) is 6.07 Å². The predicted octanol–water partition coefficient (Wildman–Crippen LogP) is 5.32. The second kappa shape index (κ2) is 7.43. The molecule has 4 heteroatoms. The second-order valence-electron chi connectivity index (χ2n) is 4.49. The van der Waals surface area contributed by atoms with Gasteiger partial charge in [-0.2, -0.15) is 5.26 Å². The molecule has 0 aliphatic heterocycles. The molecule has 0 fully saturated rings. The van der Waals surface area contributed by atoms with Crippen LogP contribution in [0.3, 0.4) is 0 Å². The highest BCUT2D eigenvalue weighted by Crippen LogP contribution is 2.28. The highest BCUT2D eigenvalue weighted by Gasteiger charge is 2.10. The zero-order valence-electron chi connectivity index (χ0n) is 11.3. The van der Waals surface area contributed by atoms with Gasteiger partial charge >= 0.3 is 0 Å². The molecule has 0 spiro atoms. The first-order valence-corrected chi connectivity index (χ1v) is 6.83. The molecule has 0 aromatic heterocycles. The van der Waals surface area contributed by atoms with Crippen LogP contribution in [-0.2, 0) is 4.74 Å². The number of nitriles is 1. The van der Waals surface area contributed by atoms with Crippen LogP contribution in [0.1, 0.15) is 38.2 Å². The molecule has 102 valence electrons. The molecule has 0 heterocycles. The van der Waals surface area contributed by atoms with E-state index in [9.17, 15) is 0 Å². The predicted molar refractivity (Wildman–Crippen MR) is 79.4 cm³/mol. The number of halogens is 2. The normalized spacial score (nSPS) is 13.5. The number of rotatable bonds is 5. The van der Waals surface area contributed by atoms with Crippen molar-refractivity contribution < 1.29 is 4.74 Å². The molecule has 19 heavy (non-hydrogen) atoms. The third-order valence-corrected chi connectivity index (χ3v) is 3.58. The fourth-order valence-electron chi connectivity index (χ4n) is 1.82. The molecule has 1 unspecified atom stereocenters. The maximum absolute atomic E-state index is 9.07. The largest absolute Gasteiger partial charge is 0.500 e. The summed E-state index contributed by atoms with van der Waals surface area (Å²) in [7, 11) is 1.58. The lowest BCUT2D eigenvalue weighted by atomic mass is 9.94. The first-order chi connectivity index (χ1) is 8.97. The van der Waals surface area contributed by atoms with Gasteiger partial charge in [-0.25, -0.2) is 0 Å². The number of hydrogen-bond donors (Lipinski definition) is 0. The number of ether oxygens (including phenoxy) is 1. The SMILES string of the molecule is COC(C)=C(C#N)CCC(C)c1cc(Cl)cc(Cl)c1. The number of allylic oxidation sites excluding steroid dienone is 2. The fourth-order valence-corrected chi connectivity index (χ4v) is 2.36. The molecule has 1 rings (SSSR count). The van der Waals surface area contributed by atoms with Gasteiger partial charge in [0.2, 0.25) is 0 Å². The summed E-state index contributed by atoms with van der Waals surface area (Å²) in [5.74, 6) is 0.961. The van der Waals surface area contributed by atoms with Crippen LogP contribution in [0.15, 0.2) is 29.5 Å². The summed E-state index contributed by atoms with van der Waals surface area (Å²) in [5, 5.41) is 10.3. The Bertz CT molecular complexity index is 497. The van der Waals surface area contributed by atoms with E-state index >= 15 is 0 Å². The van der Waals surface area contributed by atoms with Crippen molar-refractivity contribution in [1.82, 2.24) is 0 Å². The summed E-state index contributed by atoms with van der Waals surface area (Å²) in [5.41, 5.74) is 1.77. The highest BCUT2D eigenvalue weighted by molar-refractivity contribution is 6.34. The van der Waals surface area contributed by atoms with Crippen molar-refractivity contribution in [1.29, 1.82) is 5.26 Å². The van der Waals surface area contributed by atoms with Crippen molar-refractivity contribution in [3.05, 3.63) is 45.1 Å². The van der Waals surface area contributed by atoms with Crippen LogP contribution in [-0.4, -0.2) is 7.11 Å². The van der Waals surface area contributed by atoms with Crippen LogP contribution in [0.25, 0.3) is 0 Å². The molecule has 0 radical (unpaired) electrons. The maximum Gasteiger partial charge on any atom is 0.106 e. The third-order valence-electron chi connectivity index (χ3n) is 3.15. The van der Waals surface area contributed by atoms with E-state index in [-0.39, 0.29) is 5.92 Å². The molecular formula is C15H17Cl2NO. The molecule has 1 aromatic carbocycles. The molecule has 0 N–H and O–H groups in total. The van der Waals surface area contributed by atoms with Crippen molar-refractivity contribution in [2.24, 2.45) is 0 Å². The van der Waals surface area contributed by atoms with Crippen molar-refractivity contribution >= 4 is 23.2 Å². The Morgan fingerprint density at radius 1 is 1.32 bits per heavy atom. The van der Waals surface area contributed by atoms with Crippen LogP contribution < -0.4 is 0 Å². The topological polar surface area (TPSA) is 33.0 Å². The van der Waals surface area contributed by atoms with Gasteiger partial charge in [0.15, 0.2) is 0 Å². The van der Waals surface area contributed by atoms with E-state index < -0.39 is 0 Å². The Morgan fingerprint density at radius 2 is 1.89 bits per heavy atom. The van der Waals surface area contributed by atoms with Gasteiger partial charge in [0.25, 0.3) is 0 Å². The average Bonchev–Trinajstić information content (AvgIpc) is 2.37. The van der Waals surface area contributed by atoms with Crippen LogP contribution in [0, 0.1) is 11.3 Å². The van der Waals surface area contributed by atoms with Crippen molar-refractivity contribution in [2.45, 2.75) is 32.6 Å². The molecule has 0 aliphatic rings. The summed E-state index contributed by atoms with van der Waals surface area (Å²) in [6, 6.07) is 7.73. The van der Waals surface area contributed by atoms with E-state index in [1.54, 1.807) is 20.1 Å². The van der Waals surface area contributed by atoms with E-state index in [1.807, 2.05) is 12.1 Å². The van der Waals surface area contributed by atoms with E-state index in [2.05, 4.69) is 13.0 Å². The lowest BCUT2D eigenvalue weighted by Crippen LogP contribution is -1.97. The number of methoxy groups -OCH3 is 1. The van der Waals surface area contributed by atoms with Gasteiger partial charge in [-0.05, 0) is 49.4 Å². The Hall–Kier alpha value is -1.17. The summed E-state index contributed by atoms with van der Waals surface area (Å²) in [6.07, 6.45) is 1.53. The summed E-state index contributed by atoms with van der Waals surface area (Å²) < 4.78 is 5.09. The lowest BCUT2D eigenvalue weighted by molar-refractivity contribution is 0.288. The van der Waals surface area contributed by atoms with Gasteiger partial charge in [-0.3, -0.25) is 0 Å². The quantitative estimate of drug-likeness (QED) is 0.544. The summed E-state index contributed by atoms with van der Waals surface area (Å²) >= 11 is 12.0. The zero-order valence-corrected chi connectivity index (χ0v) is 12.8. The van der Waals surface area contributed by atoms with E-state index in [0.29, 0.717) is 27.8 Å². The van der Waals surface area contributed by atoms with E-state index in [4.69, 9.17) is 33.2 Å². The Morgan fingerprint density at radius 3 is 2.37 bits per heavy atom. The summed E-state index contributed by atoms with van der Waals surface area (Å²) in [6.45, 7) is 3.90. The van der Waals surface area contributed by atoms with Gasteiger partial charge in [-0.1, -0.05) is 30.1 Å². The van der Waals surface area contributed by atoms with Crippen LogP contribution in [0.5, 0.6) is 0 Å². The Balaban J connectivity index is 2.75. The fraction of sp³-hybridized carbons (Fsp3) is 0.400. The average molecular weight is 298 g/mol. The molecule has 0 bridgehead atoms. The van der Waals surface area contributed by atoms with Crippen molar-refractivity contribution in [2.75, 3.05) is 7.11 Å². The van der Waals surface area contributed by atoms with Gasteiger partial charge < -0.3 is 4.74 Å². The Labute approximate surface area is 124 Å². The highest BCUT2D eigenvalue weighted by atomic mass is 35.5. The first kappa shape index (κ1) is 15.9. The summed E-state index contributed by atoms with van der Waals surface area (Å²) in [4.78, 5) is 0. The zero-order chi connectivity index (χ0) is 14.4. The smallest absolute Gasteiger partial charge is 0.106 e. The van der Waals surface area contributed by atoms with Gasteiger partial charge in [0.05, 0.1) is 18.8 Å². The van der Waals surface area contributed by atoms with Crippen LogP contribution in [0.4, 0.5) is 0 Å². The molecular weight excluding hydrogens is 281 g/mol. The molecule has 2 nitrogen and oxygen atoms in total. The molecule has 0 aliphatic carbocycles. The molecule has 1 atom stereocenters. The molecule has 0 amide bonds. The molecule has 1 aromatic rings. The minimum absolute atomic E-state index is 0.282. The monoisotopic (exact) mass is 297 g/mol. The third kappa shape index (κ3) is 4.78. The maximum atomic E-state index is 9.07. The standard InChI is InChI=1S/C15H17Cl2NO/c1-10(4-5-12(9-18)11(2)19-3)13-6-14(16)8-15(17)7-13/h6-8,10H,4-5H2,1-3H3. The van der Waals surface area contributed by atoms with E-state index in [1.165, 1.54) is 0 Å². The Kier molecular flexibility index (Phi) is 6.21. The van der Waals surface area contributed by atoms with Crippen LogP contribution >= 0.6 is 23.2 Å². The van der Waals surface area contributed by atoms with Crippen LogP contribution in [0.2, 0.25) is 10.0 Å². The lowest BCUT2D eigenvalue weighted by Gasteiger charge is -2.13. The molecule has 0 saturated carbocycles.